The van der Waals surface area contributed by atoms with Crippen molar-refractivity contribution in [3.8, 4) is 0 Å². The Morgan fingerprint density at radius 3 is 2.89 bits per heavy atom. The third-order valence-corrected chi connectivity index (χ3v) is 4.76. The number of ether oxygens (including phenoxy) is 1. The summed E-state index contributed by atoms with van der Waals surface area (Å²) in [5.41, 5.74) is -0.446. The van der Waals surface area contributed by atoms with Crippen LogP contribution >= 0.6 is 0 Å². The Morgan fingerprint density at radius 2 is 2.26 bits per heavy atom. The SMILES string of the molecule is CC(C)CCOCCN1C[C@@H]2CCC[C@@]2(C(=O)O)C1. The van der Waals surface area contributed by atoms with Crippen LogP contribution in [0.2, 0.25) is 0 Å². The van der Waals surface area contributed by atoms with Gasteiger partial charge in [0.25, 0.3) is 0 Å². The minimum Gasteiger partial charge on any atom is -0.481 e. The van der Waals surface area contributed by atoms with Crippen molar-refractivity contribution in [2.45, 2.75) is 39.5 Å². The highest BCUT2D eigenvalue weighted by Crippen LogP contribution is 2.48. The van der Waals surface area contributed by atoms with Crippen LogP contribution in [0.25, 0.3) is 0 Å². The van der Waals surface area contributed by atoms with Gasteiger partial charge in [-0.3, -0.25) is 9.69 Å². The molecular weight excluding hydrogens is 242 g/mol. The quantitative estimate of drug-likeness (QED) is 0.720. The van der Waals surface area contributed by atoms with E-state index < -0.39 is 11.4 Å². The zero-order valence-corrected chi connectivity index (χ0v) is 12.2. The number of carboxylic acids is 1. The van der Waals surface area contributed by atoms with E-state index in [0.29, 0.717) is 11.8 Å². The summed E-state index contributed by atoms with van der Waals surface area (Å²) < 4.78 is 5.63. The predicted octanol–water partition coefficient (Wildman–Crippen LogP) is 2.24. The van der Waals surface area contributed by atoms with E-state index in [-0.39, 0.29) is 0 Å². The second-order valence-electron chi connectivity index (χ2n) is 6.58. The molecule has 0 amide bonds. The van der Waals surface area contributed by atoms with Crippen molar-refractivity contribution in [3.63, 3.8) is 0 Å². The van der Waals surface area contributed by atoms with Crippen LogP contribution in [0.1, 0.15) is 39.5 Å². The Hall–Kier alpha value is -0.610. The first-order valence-electron chi connectivity index (χ1n) is 7.58. The van der Waals surface area contributed by atoms with Gasteiger partial charge in [0.2, 0.25) is 0 Å². The standard InChI is InChI=1S/C15H27NO3/c1-12(2)5-8-19-9-7-16-10-13-4-3-6-15(13,11-16)14(17)18/h12-13H,3-11H2,1-2H3,(H,17,18)/t13-,15+/m0/s1. The molecule has 0 aromatic carbocycles. The van der Waals surface area contributed by atoms with Crippen molar-refractivity contribution < 1.29 is 14.6 Å². The molecule has 19 heavy (non-hydrogen) atoms. The van der Waals surface area contributed by atoms with Crippen molar-refractivity contribution in [2.24, 2.45) is 17.3 Å². The molecule has 4 nitrogen and oxygen atoms in total. The van der Waals surface area contributed by atoms with Crippen LogP contribution in [0.5, 0.6) is 0 Å². The van der Waals surface area contributed by atoms with Gasteiger partial charge < -0.3 is 9.84 Å². The number of hydrogen-bond acceptors (Lipinski definition) is 3. The number of carbonyl (C=O) groups is 1. The number of hydrogen-bond donors (Lipinski definition) is 1. The van der Waals surface area contributed by atoms with Crippen molar-refractivity contribution in [1.29, 1.82) is 0 Å². The van der Waals surface area contributed by atoms with Gasteiger partial charge in [-0.05, 0) is 31.1 Å². The maximum Gasteiger partial charge on any atom is 0.311 e. The van der Waals surface area contributed by atoms with Gasteiger partial charge in [-0.2, -0.15) is 0 Å². The predicted molar refractivity (Wildman–Crippen MR) is 74.1 cm³/mol. The molecule has 2 atom stereocenters. The van der Waals surface area contributed by atoms with E-state index in [1.807, 2.05) is 0 Å². The molecule has 1 saturated heterocycles. The van der Waals surface area contributed by atoms with E-state index in [1.54, 1.807) is 0 Å². The second kappa shape index (κ2) is 6.23. The molecule has 1 saturated carbocycles. The normalized spacial score (nSPS) is 31.0. The molecular formula is C15H27NO3. The summed E-state index contributed by atoms with van der Waals surface area (Å²) >= 11 is 0. The Morgan fingerprint density at radius 1 is 1.47 bits per heavy atom. The van der Waals surface area contributed by atoms with Gasteiger partial charge >= 0.3 is 5.97 Å². The van der Waals surface area contributed by atoms with Crippen molar-refractivity contribution in [2.75, 3.05) is 32.8 Å². The first-order chi connectivity index (χ1) is 9.04. The van der Waals surface area contributed by atoms with Crippen LogP contribution in [-0.2, 0) is 9.53 Å². The lowest BCUT2D eigenvalue weighted by atomic mass is 9.81. The van der Waals surface area contributed by atoms with Crippen LogP contribution in [0, 0.1) is 17.3 Å². The van der Waals surface area contributed by atoms with Gasteiger partial charge in [0.15, 0.2) is 0 Å². The fourth-order valence-electron chi connectivity index (χ4n) is 3.53. The summed E-state index contributed by atoms with van der Waals surface area (Å²) in [7, 11) is 0. The van der Waals surface area contributed by atoms with Gasteiger partial charge in [-0.25, -0.2) is 0 Å². The molecule has 1 N–H and O–H groups in total. The molecule has 110 valence electrons. The van der Waals surface area contributed by atoms with Crippen molar-refractivity contribution in [3.05, 3.63) is 0 Å². The number of likely N-dealkylation sites (tertiary alicyclic amines) is 1. The number of fused-ring (bicyclic) bond motifs is 1. The molecule has 0 aromatic heterocycles. The van der Waals surface area contributed by atoms with Gasteiger partial charge in [0.05, 0.1) is 12.0 Å². The van der Waals surface area contributed by atoms with Crippen LogP contribution in [0.4, 0.5) is 0 Å². The average molecular weight is 269 g/mol. The molecule has 2 fully saturated rings. The minimum absolute atomic E-state index is 0.362. The number of nitrogens with zero attached hydrogens (tertiary/aromatic N) is 1. The number of aliphatic carboxylic acids is 1. The van der Waals surface area contributed by atoms with Gasteiger partial charge in [0, 0.05) is 26.2 Å². The Kier molecular flexibility index (Phi) is 4.85. The molecule has 2 rings (SSSR count). The summed E-state index contributed by atoms with van der Waals surface area (Å²) in [5.74, 6) is 0.459. The maximum absolute atomic E-state index is 11.5. The molecule has 1 heterocycles. The smallest absolute Gasteiger partial charge is 0.311 e. The van der Waals surface area contributed by atoms with Crippen LogP contribution in [0.15, 0.2) is 0 Å². The van der Waals surface area contributed by atoms with E-state index in [0.717, 1.165) is 58.5 Å². The molecule has 0 bridgehead atoms. The second-order valence-corrected chi connectivity index (χ2v) is 6.58. The van der Waals surface area contributed by atoms with Gasteiger partial charge in [-0.1, -0.05) is 20.3 Å². The third kappa shape index (κ3) is 3.29. The van der Waals surface area contributed by atoms with Crippen molar-refractivity contribution in [1.82, 2.24) is 4.90 Å². The Bertz CT molecular complexity index is 319. The summed E-state index contributed by atoms with van der Waals surface area (Å²) in [6.45, 7) is 8.49. The average Bonchev–Trinajstić information content (AvgIpc) is 2.85. The summed E-state index contributed by atoms with van der Waals surface area (Å²) in [6, 6.07) is 0. The first-order valence-corrected chi connectivity index (χ1v) is 7.58. The molecule has 0 radical (unpaired) electrons. The van der Waals surface area contributed by atoms with Gasteiger partial charge in [0.1, 0.15) is 0 Å². The summed E-state index contributed by atoms with van der Waals surface area (Å²) in [4.78, 5) is 13.8. The fraction of sp³-hybridized carbons (Fsp3) is 0.933. The highest BCUT2D eigenvalue weighted by atomic mass is 16.5. The topological polar surface area (TPSA) is 49.8 Å². The molecule has 2 aliphatic rings. The fourth-order valence-corrected chi connectivity index (χ4v) is 3.53. The first kappa shape index (κ1) is 14.8. The van der Waals surface area contributed by atoms with Crippen molar-refractivity contribution >= 4 is 5.97 Å². The van der Waals surface area contributed by atoms with Crippen LogP contribution in [-0.4, -0.2) is 48.8 Å². The molecule has 0 spiro atoms. The molecule has 0 aromatic rings. The zero-order chi connectivity index (χ0) is 13.9. The van der Waals surface area contributed by atoms with Gasteiger partial charge in [-0.15, -0.1) is 0 Å². The van der Waals surface area contributed by atoms with E-state index in [1.165, 1.54) is 0 Å². The molecule has 1 aliphatic heterocycles. The number of rotatable bonds is 7. The van der Waals surface area contributed by atoms with Crippen LogP contribution in [0.3, 0.4) is 0 Å². The Balaban J connectivity index is 1.72. The molecule has 1 aliphatic carbocycles. The lowest BCUT2D eigenvalue weighted by Gasteiger charge is -2.23. The van der Waals surface area contributed by atoms with E-state index in [4.69, 9.17) is 4.74 Å². The highest BCUT2D eigenvalue weighted by Gasteiger charge is 2.54. The van der Waals surface area contributed by atoms with E-state index in [2.05, 4.69) is 18.7 Å². The number of carboxylic acid groups (broad SMARTS) is 1. The highest BCUT2D eigenvalue weighted by molar-refractivity contribution is 5.76. The van der Waals surface area contributed by atoms with Crippen LogP contribution < -0.4 is 0 Å². The molecule has 4 heteroatoms. The summed E-state index contributed by atoms with van der Waals surface area (Å²) in [6.07, 6.45) is 4.12. The van der Waals surface area contributed by atoms with E-state index in [9.17, 15) is 9.90 Å². The maximum atomic E-state index is 11.5. The van der Waals surface area contributed by atoms with E-state index >= 15 is 0 Å². The summed E-state index contributed by atoms with van der Waals surface area (Å²) in [5, 5.41) is 9.50. The largest absolute Gasteiger partial charge is 0.481 e. The minimum atomic E-state index is -0.585. The Labute approximate surface area is 116 Å². The lowest BCUT2D eigenvalue weighted by Crippen LogP contribution is -2.36. The molecule has 0 unspecified atom stereocenters. The monoisotopic (exact) mass is 269 g/mol. The third-order valence-electron chi connectivity index (χ3n) is 4.76. The zero-order valence-electron chi connectivity index (χ0n) is 12.2. The lowest BCUT2D eigenvalue weighted by molar-refractivity contribution is -0.149.